The lowest BCUT2D eigenvalue weighted by Crippen LogP contribution is -2.34. The van der Waals surface area contributed by atoms with Crippen LogP contribution in [0.1, 0.15) is 10.4 Å². The summed E-state index contributed by atoms with van der Waals surface area (Å²) in [6.45, 7) is 0.623. The number of nitrogens with one attached hydrogen (secondary N) is 2. The number of para-hydroxylation sites is 2. The molecule has 0 heterocycles. The van der Waals surface area contributed by atoms with Crippen molar-refractivity contribution in [1.29, 1.82) is 0 Å². The molecule has 30 heavy (non-hydrogen) atoms. The highest BCUT2D eigenvalue weighted by Gasteiger charge is 2.14. The fourth-order valence-corrected chi connectivity index (χ4v) is 3.30. The Hall–Kier alpha value is -2.80. The van der Waals surface area contributed by atoms with Crippen LogP contribution in [0.15, 0.2) is 72.8 Å². The fourth-order valence-electron chi connectivity index (χ4n) is 2.57. The first-order chi connectivity index (χ1) is 14.5. The maximum atomic E-state index is 12.7. The number of hydrogen-bond donors (Lipinski definition) is 2. The van der Waals surface area contributed by atoms with Crippen LogP contribution in [0.2, 0.25) is 10.0 Å². The molecule has 8 heteroatoms. The highest BCUT2D eigenvalue weighted by atomic mass is 35.5. The Labute approximate surface area is 189 Å². The number of ether oxygens (including phenoxy) is 2. The second kappa shape index (κ2) is 10.8. The third-order valence-corrected chi connectivity index (χ3v) is 4.47. The van der Waals surface area contributed by atoms with E-state index < -0.39 is 5.91 Å². The average molecular weight is 461 g/mol. The minimum atomic E-state index is -0.403. The van der Waals surface area contributed by atoms with Crippen molar-refractivity contribution >= 4 is 52.1 Å². The summed E-state index contributed by atoms with van der Waals surface area (Å²) in [6, 6.07) is 21.2. The summed E-state index contributed by atoms with van der Waals surface area (Å²) < 4.78 is 11.3. The monoisotopic (exact) mass is 460 g/mol. The van der Waals surface area contributed by atoms with Crippen LogP contribution < -0.4 is 20.1 Å². The van der Waals surface area contributed by atoms with E-state index in [1.165, 1.54) is 0 Å². The fraction of sp³-hybridized carbons (Fsp3) is 0.0909. The Morgan fingerprint density at radius 3 is 2.23 bits per heavy atom. The van der Waals surface area contributed by atoms with Gasteiger partial charge in [-0.25, -0.2) is 0 Å². The number of rotatable bonds is 7. The normalized spacial score (nSPS) is 10.2. The Kier molecular flexibility index (Phi) is 7.90. The van der Waals surface area contributed by atoms with Gasteiger partial charge < -0.3 is 14.8 Å². The Bertz CT molecular complexity index is 1010. The molecule has 0 aliphatic carbocycles. The molecule has 2 N–H and O–H groups in total. The minimum Gasteiger partial charge on any atom is -0.490 e. The summed E-state index contributed by atoms with van der Waals surface area (Å²) in [5.74, 6) is 0.783. The quantitative estimate of drug-likeness (QED) is 0.356. The molecule has 0 bridgehead atoms. The van der Waals surface area contributed by atoms with E-state index in [2.05, 4.69) is 10.6 Å². The van der Waals surface area contributed by atoms with Crippen molar-refractivity contribution in [1.82, 2.24) is 5.32 Å². The summed E-state index contributed by atoms with van der Waals surface area (Å²) in [4.78, 5) is 12.7. The molecule has 3 aromatic rings. The molecular formula is C22H18Cl2N2O3S. The lowest BCUT2D eigenvalue weighted by atomic mass is 10.2. The summed E-state index contributed by atoms with van der Waals surface area (Å²) in [5.41, 5.74) is 0.922. The zero-order valence-electron chi connectivity index (χ0n) is 15.7. The second-order valence-electron chi connectivity index (χ2n) is 6.07. The SMILES string of the molecule is O=C(NC(=S)Nc1cc(Cl)cc(Cl)c1)c1ccccc1OCCOc1ccccc1. The van der Waals surface area contributed by atoms with Crippen LogP contribution in [0.5, 0.6) is 11.5 Å². The number of halogens is 2. The van der Waals surface area contributed by atoms with E-state index in [1.807, 2.05) is 30.3 Å². The van der Waals surface area contributed by atoms with Gasteiger partial charge in [-0.3, -0.25) is 10.1 Å². The van der Waals surface area contributed by atoms with Gasteiger partial charge >= 0.3 is 0 Å². The summed E-state index contributed by atoms with van der Waals surface area (Å²) in [7, 11) is 0. The number of benzene rings is 3. The van der Waals surface area contributed by atoms with Crippen molar-refractivity contribution in [2.45, 2.75) is 0 Å². The Morgan fingerprint density at radius 2 is 1.50 bits per heavy atom. The molecule has 0 atom stereocenters. The van der Waals surface area contributed by atoms with Gasteiger partial charge in [-0.2, -0.15) is 0 Å². The van der Waals surface area contributed by atoms with Gasteiger partial charge in [0, 0.05) is 15.7 Å². The van der Waals surface area contributed by atoms with Gasteiger partial charge in [0.15, 0.2) is 5.11 Å². The molecule has 3 rings (SSSR count). The van der Waals surface area contributed by atoms with Crippen LogP contribution in [0.25, 0.3) is 0 Å². The van der Waals surface area contributed by atoms with Gasteiger partial charge in [-0.05, 0) is 54.7 Å². The maximum absolute atomic E-state index is 12.7. The highest BCUT2D eigenvalue weighted by molar-refractivity contribution is 7.80. The lowest BCUT2D eigenvalue weighted by Gasteiger charge is -2.13. The van der Waals surface area contributed by atoms with Crippen molar-refractivity contribution in [3.05, 3.63) is 88.4 Å². The highest BCUT2D eigenvalue weighted by Crippen LogP contribution is 2.22. The number of amides is 1. The van der Waals surface area contributed by atoms with Crippen molar-refractivity contribution in [2.24, 2.45) is 0 Å². The first-order valence-electron chi connectivity index (χ1n) is 8.99. The van der Waals surface area contributed by atoms with Crippen molar-refractivity contribution in [3.8, 4) is 11.5 Å². The van der Waals surface area contributed by atoms with E-state index in [1.54, 1.807) is 42.5 Å². The van der Waals surface area contributed by atoms with Crippen LogP contribution in [0.3, 0.4) is 0 Å². The van der Waals surface area contributed by atoms with Gasteiger partial charge in [-0.15, -0.1) is 0 Å². The number of anilines is 1. The van der Waals surface area contributed by atoms with Gasteiger partial charge in [0.1, 0.15) is 24.7 Å². The summed E-state index contributed by atoms with van der Waals surface area (Å²) in [5, 5.41) is 6.53. The molecule has 0 saturated heterocycles. The Balaban J connectivity index is 1.55. The molecule has 154 valence electrons. The molecule has 0 fully saturated rings. The smallest absolute Gasteiger partial charge is 0.261 e. The largest absolute Gasteiger partial charge is 0.490 e. The molecule has 3 aromatic carbocycles. The molecule has 0 radical (unpaired) electrons. The van der Waals surface area contributed by atoms with Gasteiger partial charge in [-0.1, -0.05) is 53.5 Å². The topological polar surface area (TPSA) is 59.6 Å². The lowest BCUT2D eigenvalue weighted by molar-refractivity contribution is 0.0972. The maximum Gasteiger partial charge on any atom is 0.261 e. The molecule has 0 saturated carbocycles. The number of hydrogen-bond acceptors (Lipinski definition) is 4. The predicted octanol–water partition coefficient (Wildman–Crippen LogP) is 5.58. The van der Waals surface area contributed by atoms with E-state index in [4.69, 9.17) is 44.9 Å². The van der Waals surface area contributed by atoms with Gasteiger partial charge in [0.05, 0.1) is 5.56 Å². The number of carbonyl (C=O) groups is 1. The van der Waals surface area contributed by atoms with Gasteiger partial charge in [0.2, 0.25) is 0 Å². The van der Waals surface area contributed by atoms with Crippen LogP contribution in [-0.2, 0) is 0 Å². The average Bonchev–Trinajstić information content (AvgIpc) is 2.71. The van der Waals surface area contributed by atoms with E-state index in [0.29, 0.717) is 33.7 Å². The molecule has 1 amide bonds. The number of carbonyl (C=O) groups excluding carboxylic acids is 1. The van der Waals surface area contributed by atoms with E-state index in [0.717, 1.165) is 5.75 Å². The predicted molar refractivity (Wildman–Crippen MR) is 124 cm³/mol. The minimum absolute atomic E-state index is 0.112. The van der Waals surface area contributed by atoms with Crippen molar-refractivity contribution < 1.29 is 14.3 Å². The van der Waals surface area contributed by atoms with Crippen LogP contribution in [0, 0.1) is 0 Å². The number of thiocarbonyl (C=S) groups is 1. The van der Waals surface area contributed by atoms with Crippen molar-refractivity contribution in [2.75, 3.05) is 18.5 Å². The van der Waals surface area contributed by atoms with Crippen LogP contribution in [0.4, 0.5) is 5.69 Å². The molecule has 5 nitrogen and oxygen atoms in total. The third-order valence-electron chi connectivity index (χ3n) is 3.83. The van der Waals surface area contributed by atoms with Crippen LogP contribution >= 0.6 is 35.4 Å². The molecular weight excluding hydrogens is 443 g/mol. The zero-order valence-corrected chi connectivity index (χ0v) is 18.1. The second-order valence-corrected chi connectivity index (χ2v) is 7.35. The zero-order chi connectivity index (χ0) is 21.3. The van der Waals surface area contributed by atoms with Gasteiger partial charge in [0.25, 0.3) is 5.91 Å². The molecule has 0 aromatic heterocycles. The van der Waals surface area contributed by atoms with E-state index in [9.17, 15) is 4.79 Å². The van der Waals surface area contributed by atoms with Crippen LogP contribution in [-0.4, -0.2) is 24.2 Å². The van der Waals surface area contributed by atoms with E-state index >= 15 is 0 Å². The standard InChI is InChI=1S/C22H18Cl2N2O3S/c23-15-12-16(24)14-17(13-15)25-22(30)26-21(27)19-8-4-5-9-20(19)29-11-10-28-18-6-2-1-3-7-18/h1-9,12-14H,10-11H2,(H2,25,26,27,30). The van der Waals surface area contributed by atoms with Crippen molar-refractivity contribution in [3.63, 3.8) is 0 Å². The molecule has 0 aliphatic heterocycles. The first-order valence-corrected chi connectivity index (χ1v) is 10.2. The third kappa shape index (κ3) is 6.62. The molecule has 0 unspecified atom stereocenters. The Morgan fingerprint density at radius 1 is 0.867 bits per heavy atom. The molecule has 0 spiro atoms. The summed E-state index contributed by atoms with van der Waals surface area (Å²) >= 11 is 17.2. The summed E-state index contributed by atoms with van der Waals surface area (Å²) in [6.07, 6.45) is 0. The first kappa shape index (κ1) is 21.9. The van der Waals surface area contributed by atoms with E-state index in [-0.39, 0.29) is 11.7 Å². The molecule has 0 aliphatic rings.